The first-order chi connectivity index (χ1) is 15.7. The smallest absolute Gasteiger partial charge is 0.335 e. The molecule has 0 aliphatic carbocycles. The number of carboxylic acid groups (broad SMARTS) is 2. The van der Waals surface area contributed by atoms with Crippen molar-refractivity contribution < 1.29 is 37.7 Å². The number of rotatable bonds is 11. The molecule has 0 fully saturated rings. The van der Waals surface area contributed by atoms with Crippen LogP contribution in [-0.4, -0.2) is 43.8 Å². The number of anilines is 1. The number of carbonyl (C=O) groups is 2. The van der Waals surface area contributed by atoms with E-state index in [-0.39, 0.29) is 30.1 Å². The lowest BCUT2D eigenvalue weighted by Crippen LogP contribution is -2.13. The first-order valence-electron chi connectivity index (χ1n) is 9.76. The molecular weight excluding hydrogens is 450 g/mol. The summed E-state index contributed by atoms with van der Waals surface area (Å²) in [7, 11) is -3.88. The van der Waals surface area contributed by atoms with E-state index >= 15 is 0 Å². The highest BCUT2D eigenvalue weighted by molar-refractivity contribution is 7.92. The van der Waals surface area contributed by atoms with Crippen molar-refractivity contribution in [3.63, 3.8) is 0 Å². The van der Waals surface area contributed by atoms with Gasteiger partial charge < -0.3 is 19.7 Å². The second kappa shape index (κ2) is 10.5. The molecule has 0 aliphatic heterocycles. The molecule has 0 unspecified atom stereocenters. The number of benzene rings is 3. The number of aromatic carboxylic acids is 1. The molecule has 0 amide bonds. The van der Waals surface area contributed by atoms with Crippen molar-refractivity contribution in [2.45, 2.75) is 11.3 Å². The third-order valence-electron chi connectivity index (χ3n) is 4.44. The SMILES string of the molecule is O=C(O)Cc1ccccc1OCCOc1ccc(NS(=O)(=O)c2ccc(C(=O)O)cc2)cc1. The van der Waals surface area contributed by atoms with Gasteiger partial charge in [0.25, 0.3) is 10.0 Å². The first-order valence-corrected chi connectivity index (χ1v) is 11.2. The number of ether oxygens (including phenoxy) is 2. The minimum atomic E-state index is -3.88. The fraction of sp³-hybridized carbons (Fsp3) is 0.130. The predicted molar refractivity (Wildman–Crippen MR) is 119 cm³/mol. The lowest BCUT2D eigenvalue weighted by molar-refractivity contribution is -0.136. The first kappa shape index (κ1) is 23.6. The summed E-state index contributed by atoms with van der Waals surface area (Å²) in [6.07, 6.45) is -0.141. The van der Waals surface area contributed by atoms with Crippen molar-refractivity contribution in [2.75, 3.05) is 17.9 Å². The summed E-state index contributed by atoms with van der Waals surface area (Å²) in [6.45, 7) is 0.389. The average molecular weight is 471 g/mol. The molecule has 0 spiro atoms. The number of nitrogens with one attached hydrogen (secondary N) is 1. The molecule has 3 rings (SSSR count). The molecule has 0 saturated heterocycles. The molecule has 9 nitrogen and oxygen atoms in total. The van der Waals surface area contributed by atoms with Crippen molar-refractivity contribution in [3.05, 3.63) is 83.9 Å². The number of hydrogen-bond donors (Lipinski definition) is 3. The fourth-order valence-corrected chi connectivity index (χ4v) is 3.93. The van der Waals surface area contributed by atoms with E-state index in [4.69, 9.17) is 19.7 Å². The third kappa shape index (κ3) is 6.71. The summed E-state index contributed by atoms with van der Waals surface area (Å²) in [4.78, 5) is 21.8. The number of sulfonamides is 1. The van der Waals surface area contributed by atoms with Gasteiger partial charge in [-0.1, -0.05) is 18.2 Å². The second-order valence-corrected chi connectivity index (χ2v) is 8.52. The van der Waals surface area contributed by atoms with Crippen molar-refractivity contribution in [3.8, 4) is 11.5 Å². The topological polar surface area (TPSA) is 139 Å². The maximum atomic E-state index is 12.5. The maximum Gasteiger partial charge on any atom is 0.335 e. The largest absolute Gasteiger partial charge is 0.490 e. The monoisotopic (exact) mass is 471 g/mol. The number of hydrogen-bond acceptors (Lipinski definition) is 6. The minimum Gasteiger partial charge on any atom is -0.490 e. The summed E-state index contributed by atoms with van der Waals surface area (Å²) in [5, 5.41) is 17.9. The third-order valence-corrected chi connectivity index (χ3v) is 5.84. The van der Waals surface area contributed by atoms with Crippen LogP contribution in [0.2, 0.25) is 0 Å². The zero-order valence-electron chi connectivity index (χ0n) is 17.3. The van der Waals surface area contributed by atoms with E-state index < -0.39 is 22.0 Å². The molecule has 0 atom stereocenters. The Labute approximate surface area is 190 Å². The van der Waals surface area contributed by atoms with E-state index in [2.05, 4.69) is 4.72 Å². The van der Waals surface area contributed by atoms with Crippen LogP contribution in [0, 0.1) is 0 Å². The Morgan fingerprint density at radius 1 is 0.818 bits per heavy atom. The highest BCUT2D eigenvalue weighted by atomic mass is 32.2. The van der Waals surface area contributed by atoms with Crippen LogP contribution in [0.5, 0.6) is 11.5 Å². The summed E-state index contributed by atoms with van der Waals surface area (Å²) in [6, 6.07) is 18.0. The lowest BCUT2D eigenvalue weighted by Gasteiger charge is -2.12. The van der Waals surface area contributed by atoms with Crippen LogP contribution in [0.25, 0.3) is 0 Å². The molecule has 33 heavy (non-hydrogen) atoms. The Kier molecular flexibility index (Phi) is 7.52. The van der Waals surface area contributed by atoms with Gasteiger partial charge in [0.05, 0.1) is 16.9 Å². The highest BCUT2D eigenvalue weighted by Gasteiger charge is 2.15. The molecule has 0 aromatic heterocycles. The number of aliphatic carboxylic acids is 1. The van der Waals surface area contributed by atoms with E-state index in [9.17, 15) is 18.0 Å². The van der Waals surface area contributed by atoms with Gasteiger partial charge in [-0.05, 0) is 54.6 Å². The van der Waals surface area contributed by atoms with Gasteiger partial charge in [-0.25, -0.2) is 13.2 Å². The normalized spacial score (nSPS) is 10.9. The van der Waals surface area contributed by atoms with Crippen molar-refractivity contribution in [1.82, 2.24) is 0 Å². The van der Waals surface area contributed by atoms with Crippen LogP contribution in [0.4, 0.5) is 5.69 Å². The Bertz CT molecular complexity index is 1220. The van der Waals surface area contributed by atoms with E-state index in [1.54, 1.807) is 36.4 Å². The molecule has 10 heteroatoms. The van der Waals surface area contributed by atoms with E-state index in [0.717, 1.165) is 0 Å². The molecule has 3 aromatic rings. The van der Waals surface area contributed by atoms with Crippen molar-refractivity contribution in [2.24, 2.45) is 0 Å². The van der Waals surface area contributed by atoms with Gasteiger partial charge in [0.15, 0.2) is 0 Å². The van der Waals surface area contributed by atoms with Gasteiger partial charge >= 0.3 is 11.9 Å². The van der Waals surface area contributed by atoms with Gasteiger partial charge in [0.1, 0.15) is 24.7 Å². The molecule has 3 aromatic carbocycles. The van der Waals surface area contributed by atoms with E-state index in [1.807, 2.05) is 0 Å². The molecule has 0 saturated carbocycles. The van der Waals surface area contributed by atoms with Gasteiger partial charge in [-0.15, -0.1) is 0 Å². The van der Waals surface area contributed by atoms with Gasteiger partial charge in [0.2, 0.25) is 0 Å². The van der Waals surface area contributed by atoms with E-state index in [0.29, 0.717) is 22.7 Å². The second-order valence-electron chi connectivity index (χ2n) is 6.83. The summed E-state index contributed by atoms with van der Waals surface area (Å²) in [5.74, 6) is -1.12. The van der Waals surface area contributed by atoms with Crippen molar-refractivity contribution >= 4 is 27.6 Å². The molecule has 0 bridgehead atoms. The highest BCUT2D eigenvalue weighted by Crippen LogP contribution is 2.21. The average Bonchev–Trinajstić information content (AvgIpc) is 2.78. The van der Waals surface area contributed by atoms with Gasteiger partial charge in [-0.3, -0.25) is 9.52 Å². The molecule has 0 aliphatic rings. The molecule has 0 radical (unpaired) electrons. The molecule has 0 heterocycles. The Hall–Kier alpha value is -4.05. The maximum absolute atomic E-state index is 12.5. The Morgan fingerprint density at radius 3 is 2.09 bits per heavy atom. The fourth-order valence-electron chi connectivity index (χ4n) is 2.87. The quantitative estimate of drug-likeness (QED) is 0.362. The predicted octanol–water partition coefficient (Wildman–Crippen LogP) is 3.27. The van der Waals surface area contributed by atoms with Crippen LogP contribution in [0.15, 0.2) is 77.7 Å². The molecule has 172 valence electrons. The van der Waals surface area contributed by atoms with Gasteiger partial charge in [0, 0.05) is 11.3 Å². The number of para-hydroxylation sites is 1. The Balaban J connectivity index is 1.52. The summed E-state index contributed by atoms with van der Waals surface area (Å²) < 4.78 is 38.5. The van der Waals surface area contributed by atoms with Crippen LogP contribution in [-0.2, 0) is 21.2 Å². The van der Waals surface area contributed by atoms with Crippen molar-refractivity contribution in [1.29, 1.82) is 0 Å². The van der Waals surface area contributed by atoms with Gasteiger partial charge in [-0.2, -0.15) is 0 Å². The van der Waals surface area contributed by atoms with E-state index in [1.165, 1.54) is 36.4 Å². The zero-order chi connectivity index (χ0) is 23.8. The zero-order valence-corrected chi connectivity index (χ0v) is 18.1. The molecule has 3 N–H and O–H groups in total. The Morgan fingerprint density at radius 2 is 1.45 bits per heavy atom. The molecular formula is C23H21NO8S. The summed E-state index contributed by atoms with van der Waals surface area (Å²) in [5.41, 5.74) is 0.868. The van der Waals surface area contributed by atoms with Crippen LogP contribution in [0.1, 0.15) is 15.9 Å². The summed E-state index contributed by atoms with van der Waals surface area (Å²) >= 11 is 0. The van der Waals surface area contributed by atoms with Crippen LogP contribution >= 0.6 is 0 Å². The number of carboxylic acids is 2. The standard InChI is InChI=1S/C23H21NO8S/c25-22(26)15-17-3-1-2-4-21(17)32-14-13-31-19-9-7-18(8-10-19)24-33(29,30)20-11-5-16(6-12-20)23(27)28/h1-12,24H,13-15H2,(H,25,26)(H,27,28). The minimum absolute atomic E-state index is 0.00944. The van der Waals surface area contributed by atoms with Crippen LogP contribution in [0.3, 0.4) is 0 Å². The van der Waals surface area contributed by atoms with Crippen LogP contribution < -0.4 is 14.2 Å². The lowest BCUT2D eigenvalue weighted by atomic mass is 10.1.